The third kappa shape index (κ3) is 4.36. The summed E-state index contributed by atoms with van der Waals surface area (Å²) in [5, 5.41) is 2.86. The lowest BCUT2D eigenvalue weighted by Crippen LogP contribution is -2.20. The summed E-state index contributed by atoms with van der Waals surface area (Å²) in [5.74, 6) is 0.509. The lowest BCUT2D eigenvalue weighted by Gasteiger charge is -2.09. The molecule has 0 aliphatic carbocycles. The van der Waals surface area contributed by atoms with Gasteiger partial charge in [-0.3, -0.25) is 4.98 Å². The van der Waals surface area contributed by atoms with E-state index in [1.54, 1.807) is 0 Å². The Labute approximate surface area is 107 Å². The lowest BCUT2D eigenvalue weighted by molar-refractivity contribution is -0.172. The Morgan fingerprint density at radius 3 is 2.63 bits per heavy atom. The molecule has 0 amide bonds. The minimum atomic E-state index is -4.29. The number of halogens is 3. The van der Waals surface area contributed by atoms with Gasteiger partial charge in [-0.05, 0) is 12.1 Å². The molecule has 1 N–H and O–H groups in total. The molecule has 0 saturated carbocycles. The van der Waals surface area contributed by atoms with Crippen LogP contribution in [0.4, 0.5) is 19.0 Å². The number of ether oxygens (including phenoxy) is 1. The van der Waals surface area contributed by atoms with Crippen molar-refractivity contribution in [3.63, 3.8) is 0 Å². The van der Waals surface area contributed by atoms with Crippen LogP contribution in [-0.4, -0.2) is 35.9 Å². The van der Waals surface area contributed by atoms with Crippen LogP contribution < -0.4 is 5.32 Å². The number of benzene rings is 1. The average Bonchev–Trinajstić information content (AvgIpc) is 2.37. The molecule has 0 fully saturated rings. The molecule has 2 rings (SSSR count). The molecule has 2 aromatic rings. The van der Waals surface area contributed by atoms with Gasteiger partial charge in [-0.2, -0.15) is 13.2 Å². The van der Waals surface area contributed by atoms with Crippen molar-refractivity contribution in [3.8, 4) is 0 Å². The summed E-state index contributed by atoms with van der Waals surface area (Å²) in [5.41, 5.74) is 1.49. The predicted molar refractivity (Wildman–Crippen MR) is 64.9 cm³/mol. The van der Waals surface area contributed by atoms with Gasteiger partial charge in [-0.1, -0.05) is 12.1 Å². The molecule has 1 aromatic heterocycles. The van der Waals surface area contributed by atoms with E-state index in [0.29, 0.717) is 5.82 Å². The zero-order valence-corrected chi connectivity index (χ0v) is 9.94. The molecular formula is C12H12F3N3O. The summed E-state index contributed by atoms with van der Waals surface area (Å²) >= 11 is 0. The molecule has 0 radical (unpaired) electrons. The van der Waals surface area contributed by atoms with Gasteiger partial charge in [-0.25, -0.2) is 4.98 Å². The molecule has 4 nitrogen and oxygen atoms in total. The molecule has 0 unspecified atom stereocenters. The summed E-state index contributed by atoms with van der Waals surface area (Å²) in [6.45, 7) is -1.05. The van der Waals surface area contributed by atoms with E-state index in [4.69, 9.17) is 0 Å². The number of aromatic nitrogens is 2. The first-order chi connectivity index (χ1) is 9.04. The minimum Gasteiger partial charge on any atom is -0.370 e. The van der Waals surface area contributed by atoms with Crippen LogP contribution in [0.3, 0.4) is 0 Å². The van der Waals surface area contributed by atoms with Crippen molar-refractivity contribution in [2.45, 2.75) is 6.18 Å². The van der Waals surface area contributed by atoms with Crippen molar-refractivity contribution in [2.75, 3.05) is 25.1 Å². The fourth-order valence-corrected chi connectivity index (χ4v) is 1.48. The second-order valence-corrected chi connectivity index (χ2v) is 3.84. The van der Waals surface area contributed by atoms with Crippen LogP contribution in [-0.2, 0) is 4.74 Å². The maximum atomic E-state index is 11.8. The fourth-order valence-electron chi connectivity index (χ4n) is 1.48. The van der Waals surface area contributed by atoms with E-state index in [1.165, 1.54) is 6.20 Å². The molecule has 0 aliphatic rings. The number of para-hydroxylation sites is 2. The molecule has 7 heteroatoms. The number of alkyl halides is 3. The molecule has 1 aromatic carbocycles. The first kappa shape index (κ1) is 13.5. The minimum absolute atomic E-state index is 0.0476. The normalized spacial score (nSPS) is 11.7. The van der Waals surface area contributed by atoms with Gasteiger partial charge in [0, 0.05) is 6.54 Å². The van der Waals surface area contributed by atoms with Gasteiger partial charge in [0.25, 0.3) is 0 Å². The van der Waals surface area contributed by atoms with E-state index >= 15 is 0 Å². The molecule has 0 bridgehead atoms. The first-order valence-corrected chi connectivity index (χ1v) is 5.65. The molecule has 0 aliphatic heterocycles. The molecule has 0 spiro atoms. The number of rotatable bonds is 5. The number of anilines is 1. The van der Waals surface area contributed by atoms with Crippen LogP contribution in [0.25, 0.3) is 11.0 Å². The average molecular weight is 271 g/mol. The number of nitrogens with one attached hydrogen (secondary N) is 1. The van der Waals surface area contributed by atoms with E-state index in [9.17, 15) is 13.2 Å². The number of nitrogens with zero attached hydrogens (tertiary/aromatic N) is 2. The zero-order chi connectivity index (χ0) is 13.7. The van der Waals surface area contributed by atoms with E-state index in [-0.39, 0.29) is 13.2 Å². The highest BCUT2D eigenvalue weighted by molar-refractivity contribution is 5.75. The van der Waals surface area contributed by atoms with E-state index < -0.39 is 12.8 Å². The predicted octanol–water partition coefficient (Wildman–Crippen LogP) is 2.62. The summed E-state index contributed by atoms with van der Waals surface area (Å²) in [6, 6.07) is 7.34. The third-order valence-electron chi connectivity index (χ3n) is 2.27. The van der Waals surface area contributed by atoms with Crippen molar-refractivity contribution < 1.29 is 17.9 Å². The van der Waals surface area contributed by atoms with Crippen LogP contribution in [0.15, 0.2) is 30.5 Å². The zero-order valence-electron chi connectivity index (χ0n) is 9.94. The van der Waals surface area contributed by atoms with Gasteiger partial charge in [0.2, 0.25) is 0 Å². The Bertz CT molecular complexity index is 545. The maximum Gasteiger partial charge on any atom is 0.411 e. The highest BCUT2D eigenvalue weighted by atomic mass is 19.4. The Hall–Kier alpha value is -1.89. The van der Waals surface area contributed by atoms with Gasteiger partial charge >= 0.3 is 6.18 Å². The van der Waals surface area contributed by atoms with Crippen molar-refractivity contribution in [1.82, 2.24) is 9.97 Å². The van der Waals surface area contributed by atoms with E-state index in [1.807, 2.05) is 24.3 Å². The fraction of sp³-hybridized carbons (Fsp3) is 0.333. The van der Waals surface area contributed by atoms with Crippen LogP contribution in [0, 0.1) is 0 Å². The Morgan fingerprint density at radius 1 is 1.16 bits per heavy atom. The highest BCUT2D eigenvalue weighted by Crippen LogP contribution is 2.14. The van der Waals surface area contributed by atoms with Gasteiger partial charge in [0.15, 0.2) is 0 Å². The summed E-state index contributed by atoms with van der Waals surface area (Å²) in [7, 11) is 0. The largest absolute Gasteiger partial charge is 0.411 e. The van der Waals surface area contributed by atoms with E-state index in [0.717, 1.165) is 11.0 Å². The molecule has 102 valence electrons. The maximum absolute atomic E-state index is 11.8. The molecule has 19 heavy (non-hydrogen) atoms. The van der Waals surface area contributed by atoms with Crippen LogP contribution in [0.5, 0.6) is 0 Å². The Balaban J connectivity index is 1.82. The van der Waals surface area contributed by atoms with Gasteiger partial charge in [0.05, 0.1) is 23.8 Å². The molecule has 0 atom stereocenters. The number of fused-ring (bicyclic) bond motifs is 1. The Kier molecular flexibility index (Phi) is 4.16. The van der Waals surface area contributed by atoms with Crippen LogP contribution in [0.2, 0.25) is 0 Å². The number of hydrogen-bond acceptors (Lipinski definition) is 4. The first-order valence-electron chi connectivity index (χ1n) is 5.65. The molecule has 0 saturated heterocycles. The van der Waals surface area contributed by atoms with Crippen molar-refractivity contribution in [3.05, 3.63) is 30.5 Å². The van der Waals surface area contributed by atoms with Crippen molar-refractivity contribution in [2.24, 2.45) is 0 Å². The van der Waals surface area contributed by atoms with Crippen molar-refractivity contribution in [1.29, 1.82) is 0 Å². The lowest BCUT2D eigenvalue weighted by atomic mass is 10.3. The van der Waals surface area contributed by atoms with Crippen molar-refractivity contribution >= 4 is 16.9 Å². The highest BCUT2D eigenvalue weighted by Gasteiger charge is 2.27. The third-order valence-corrected chi connectivity index (χ3v) is 2.27. The summed E-state index contributed by atoms with van der Waals surface area (Å²) < 4.78 is 39.9. The summed E-state index contributed by atoms with van der Waals surface area (Å²) in [6.07, 6.45) is -2.76. The monoisotopic (exact) mass is 271 g/mol. The van der Waals surface area contributed by atoms with Crippen LogP contribution in [0.1, 0.15) is 0 Å². The number of hydrogen-bond donors (Lipinski definition) is 1. The summed E-state index contributed by atoms with van der Waals surface area (Å²) in [4.78, 5) is 8.44. The second kappa shape index (κ2) is 5.83. The SMILES string of the molecule is FC(F)(F)COCCNc1cnc2ccccc2n1. The van der Waals surface area contributed by atoms with Crippen LogP contribution >= 0.6 is 0 Å². The topological polar surface area (TPSA) is 47.0 Å². The van der Waals surface area contributed by atoms with Gasteiger partial charge in [0.1, 0.15) is 12.4 Å². The second-order valence-electron chi connectivity index (χ2n) is 3.84. The van der Waals surface area contributed by atoms with Gasteiger partial charge < -0.3 is 10.1 Å². The van der Waals surface area contributed by atoms with E-state index in [2.05, 4.69) is 20.0 Å². The molecule has 1 heterocycles. The smallest absolute Gasteiger partial charge is 0.370 e. The quantitative estimate of drug-likeness (QED) is 0.849. The molecular weight excluding hydrogens is 259 g/mol. The Morgan fingerprint density at radius 2 is 1.89 bits per heavy atom. The van der Waals surface area contributed by atoms with Gasteiger partial charge in [-0.15, -0.1) is 0 Å². The standard InChI is InChI=1S/C12H12F3N3O/c13-12(14,15)8-19-6-5-16-11-7-17-9-3-1-2-4-10(9)18-11/h1-4,7H,5-6,8H2,(H,16,18).